The Hall–Kier alpha value is -4.23. The SMILES string of the molecule is COc1c(C)cc(S(=O)(=O)Nc2cc(-c3c(O)ccc4ccccc34)c(O)c3ccccc23)cc1C. The number of sulfonamides is 1. The molecule has 0 aliphatic carbocycles. The van der Waals surface area contributed by atoms with Gasteiger partial charge in [-0.15, -0.1) is 0 Å². The Labute approximate surface area is 209 Å². The monoisotopic (exact) mass is 499 g/mol. The minimum absolute atomic E-state index is 0.0190. The van der Waals surface area contributed by atoms with Crippen LogP contribution < -0.4 is 9.46 Å². The fourth-order valence-electron chi connectivity index (χ4n) is 4.77. The molecule has 0 saturated carbocycles. The van der Waals surface area contributed by atoms with Gasteiger partial charge in [0.1, 0.15) is 17.2 Å². The third-order valence-corrected chi connectivity index (χ3v) is 7.73. The van der Waals surface area contributed by atoms with E-state index in [-0.39, 0.29) is 22.1 Å². The van der Waals surface area contributed by atoms with E-state index in [4.69, 9.17) is 4.74 Å². The van der Waals surface area contributed by atoms with Crippen molar-refractivity contribution < 1.29 is 23.4 Å². The van der Waals surface area contributed by atoms with E-state index in [0.29, 0.717) is 38.8 Å². The molecule has 0 saturated heterocycles. The van der Waals surface area contributed by atoms with E-state index in [0.717, 1.165) is 10.8 Å². The van der Waals surface area contributed by atoms with E-state index in [1.54, 1.807) is 75.6 Å². The summed E-state index contributed by atoms with van der Waals surface area (Å²) in [5.41, 5.74) is 2.44. The average Bonchev–Trinajstić information content (AvgIpc) is 2.86. The summed E-state index contributed by atoms with van der Waals surface area (Å²) in [5.74, 6) is 0.573. The number of hydrogen-bond donors (Lipinski definition) is 3. The van der Waals surface area contributed by atoms with Crippen LogP contribution in [-0.2, 0) is 10.0 Å². The summed E-state index contributed by atoms with van der Waals surface area (Å²) in [6.45, 7) is 3.59. The number of hydrogen-bond acceptors (Lipinski definition) is 5. The number of aromatic hydroxyl groups is 2. The molecule has 0 fully saturated rings. The van der Waals surface area contributed by atoms with Gasteiger partial charge in [0.25, 0.3) is 10.0 Å². The lowest BCUT2D eigenvalue weighted by Gasteiger charge is -2.18. The summed E-state index contributed by atoms with van der Waals surface area (Å²) in [4.78, 5) is 0.102. The smallest absolute Gasteiger partial charge is 0.261 e. The zero-order valence-electron chi connectivity index (χ0n) is 20.0. The van der Waals surface area contributed by atoms with Crippen molar-refractivity contribution in [1.29, 1.82) is 0 Å². The topological polar surface area (TPSA) is 95.9 Å². The van der Waals surface area contributed by atoms with Crippen LogP contribution in [0.15, 0.2) is 83.8 Å². The van der Waals surface area contributed by atoms with Crippen LogP contribution >= 0.6 is 0 Å². The second-order valence-electron chi connectivity index (χ2n) is 8.74. The minimum Gasteiger partial charge on any atom is -0.507 e. The van der Waals surface area contributed by atoms with E-state index < -0.39 is 10.0 Å². The first-order chi connectivity index (χ1) is 17.2. The van der Waals surface area contributed by atoms with Crippen LogP contribution in [0.5, 0.6) is 17.2 Å². The Morgan fingerprint density at radius 1 is 0.778 bits per heavy atom. The highest BCUT2D eigenvalue weighted by atomic mass is 32.2. The molecule has 0 bridgehead atoms. The molecule has 0 aromatic heterocycles. The number of anilines is 1. The second kappa shape index (κ2) is 8.77. The summed E-state index contributed by atoms with van der Waals surface area (Å²) in [7, 11) is -2.44. The predicted octanol–water partition coefficient (Wildman–Crippen LogP) is 6.50. The third kappa shape index (κ3) is 3.87. The number of aryl methyl sites for hydroxylation is 2. The third-order valence-electron chi connectivity index (χ3n) is 6.39. The van der Waals surface area contributed by atoms with Gasteiger partial charge in [-0.05, 0) is 60.0 Å². The van der Waals surface area contributed by atoms with Gasteiger partial charge in [-0.3, -0.25) is 4.72 Å². The number of phenols is 2. The van der Waals surface area contributed by atoms with E-state index in [9.17, 15) is 18.6 Å². The van der Waals surface area contributed by atoms with Crippen molar-refractivity contribution in [2.24, 2.45) is 0 Å². The Kier molecular flexibility index (Phi) is 5.73. The van der Waals surface area contributed by atoms with Crippen LogP contribution in [0.3, 0.4) is 0 Å². The van der Waals surface area contributed by atoms with E-state index >= 15 is 0 Å². The van der Waals surface area contributed by atoms with Crippen LogP contribution in [0.1, 0.15) is 11.1 Å². The van der Waals surface area contributed by atoms with Crippen molar-refractivity contribution in [3.8, 4) is 28.4 Å². The normalized spacial score (nSPS) is 11.6. The molecule has 0 aliphatic rings. The largest absolute Gasteiger partial charge is 0.507 e. The molecule has 0 spiro atoms. The van der Waals surface area contributed by atoms with Crippen LogP contribution in [0, 0.1) is 13.8 Å². The minimum atomic E-state index is -3.99. The Balaban J connectivity index is 1.74. The van der Waals surface area contributed by atoms with Crippen molar-refractivity contribution in [3.63, 3.8) is 0 Å². The summed E-state index contributed by atoms with van der Waals surface area (Å²) in [5, 5.41) is 24.7. The van der Waals surface area contributed by atoms with Gasteiger partial charge in [0.2, 0.25) is 0 Å². The average molecular weight is 500 g/mol. The maximum atomic E-state index is 13.5. The molecule has 5 aromatic carbocycles. The molecule has 5 aromatic rings. The molecule has 6 nitrogen and oxygen atoms in total. The highest BCUT2D eigenvalue weighted by molar-refractivity contribution is 7.92. The van der Waals surface area contributed by atoms with Crippen LogP contribution in [0.25, 0.3) is 32.7 Å². The van der Waals surface area contributed by atoms with E-state index in [1.165, 1.54) is 0 Å². The second-order valence-corrected chi connectivity index (χ2v) is 10.4. The first-order valence-corrected chi connectivity index (χ1v) is 12.8. The maximum absolute atomic E-state index is 13.5. The lowest BCUT2D eigenvalue weighted by molar-refractivity contribution is 0.408. The van der Waals surface area contributed by atoms with Gasteiger partial charge in [-0.2, -0.15) is 0 Å². The molecule has 3 N–H and O–H groups in total. The van der Waals surface area contributed by atoms with Crippen LogP contribution in [0.4, 0.5) is 5.69 Å². The van der Waals surface area contributed by atoms with Gasteiger partial charge < -0.3 is 14.9 Å². The highest BCUT2D eigenvalue weighted by Crippen LogP contribution is 2.46. The summed E-state index contributed by atoms with van der Waals surface area (Å²) >= 11 is 0. The Bertz CT molecular complexity index is 1740. The summed E-state index contributed by atoms with van der Waals surface area (Å²) in [6, 6.07) is 22.6. The fourth-order valence-corrected chi connectivity index (χ4v) is 6.01. The van der Waals surface area contributed by atoms with Gasteiger partial charge in [0, 0.05) is 21.9 Å². The molecule has 0 unspecified atom stereocenters. The molecular formula is C29H25NO5S. The summed E-state index contributed by atoms with van der Waals surface area (Å²) < 4.78 is 35.1. The lowest BCUT2D eigenvalue weighted by atomic mass is 9.93. The molecule has 36 heavy (non-hydrogen) atoms. The first-order valence-electron chi connectivity index (χ1n) is 11.3. The lowest BCUT2D eigenvalue weighted by Crippen LogP contribution is -2.14. The molecule has 7 heteroatoms. The molecule has 0 radical (unpaired) electrons. The van der Waals surface area contributed by atoms with Crippen molar-refractivity contribution in [2.75, 3.05) is 11.8 Å². The zero-order chi connectivity index (χ0) is 25.6. The molecule has 5 rings (SSSR count). The van der Waals surface area contributed by atoms with E-state index in [2.05, 4.69) is 4.72 Å². The quantitative estimate of drug-likeness (QED) is 0.240. The molecule has 0 heterocycles. The first kappa shape index (κ1) is 23.5. The molecule has 0 aliphatic heterocycles. The number of rotatable bonds is 5. The Morgan fingerprint density at radius 3 is 2.06 bits per heavy atom. The van der Waals surface area contributed by atoms with Gasteiger partial charge in [0.15, 0.2) is 0 Å². The fraction of sp³-hybridized carbons (Fsp3) is 0.103. The predicted molar refractivity (Wildman–Crippen MR) is 143 cm³/mol. The number of nitrogens with one attached hydrogen (secondary N) is 1. The molecule has 0 amide bonds. The standard InChI is InChI=1S/C29H25NO5S/c1-17-14-20(15-18(2)29(17)35-3)36(33,34)30-25-16-24(28(32)23-11-7-6-10-22(23)25)27-21-9-5-4-8-19(21)12-13-26(27)31/h4-16,30-32H,1-3H3. The highest BCUT2D eigenvalue weighted by Gasteiger charge is 2.22. The van der Waals surface area contributed by atoms with Crippen molar-refractivity contribution >= 4 is 37.3 Å². The van der Waals surface area contributed by atoms with Gasteiger partial charge in [-0.25, -0.2) is 8.42 Å². The zero-order valence-corrected chi connectivity index (χ0v) is 20.8. The van der Waals surface area contributed by atoms with Crippen molar-refractivity contribution in [1.82, 2.24) is 0 Å². The van der Waals surface area contributed by atoms with Crippen LogP contribution in [0.2, 0.25) is 0 Å². The molecule has 0 atom stereocenters. The molecule has 182 valence electrons. The van der Waals surface area contributed by atoms with Crippen molar-refractivity contribution in [3.05, 3.63) is 90.0 Å². The van der Waals surface area contributed by atoms with Crippen molar-refractivity contribution in [2.45, 2.75) is 18.7 Å². The van der Waals surface area contributed by atoms with Gasteiger partial charge >= 0.3 is 0 Å². The van der Waals surface area contributed by atoms with Gasteiger partial charge in [-0.1, -0.05) is 54.6 Å². The number of phenolic OH excluding ortho intramolecular Hbond substituents is 2. The van der Waals surface area contributed by atoms with E-state index in [1.807, 2.05) is 24.3 Å². The molecular weight excluding hydrogens is 474 g/mol. The number of fused-ring (bicyclic) bond motifs is 2. The number of methoxy groups -OCH3 is 1. The van der Waals surface area contributed by atoms with Crippen LogP contribution in [-0.4, -0.2) is 25.7 Å². The Morgan fingerprint density at radius 2 is 1.39 bits per heavy atom. The maximum Gasteiger partial charge on any atom is 0.261 e. The number of ether oxygens (including phenoxy) is 1. The summed E-state index contributed by atoms with van der Waals surface area (Å²) in [6.07, 6.45) is 0. The van der Waals surface area contributed by atoms with Gasteiger partial charge in [0.05, 0.1) is 17.7 Å². The number of benzene rings is 5.